The van der Waals surface area contributed by atoms with Gasteiger partial charge in [-0.15, -0.1) is 0 Å². The summed E-state index contributed by atoms with van der Waals surface area (Å²) in [6.45, 7) is 3.03. The second-order valence-corrected chi connectivity index (χ2v) is 5.51. The van der Waals surface area contributed by atoms with Crippen LogP contribution in [-0.2, 0) is 11.5 Å². The summed E-state index contributed by atoms with van der Waals surface area (Å²) in [6.07, 6.45) is 2.61. The number of halogens is 1. The Bertz CT molecular complexity index is 803. The highest BCUT2D eigenvalue weighted by molar-refractivity contribution is 9.10. The predicted octanol–water partition coefficient (Wildman–Crippen LogP) is 2.62. The summed E-state index contributed by atoms with van der Waals surface area (Å²) in [6, 6.07) is 5.66. The molecular weight excluding hydrogens is 348 g/mol. The van der Waals surface area contributed by atoms with Crippen molar-refractivity contribution >= 4 is 32.9 Å². The van der Waals surface area contributed by atoms with Crippen molar-refractivity contribution in [3.63, 3.8) is 0 Å². The van der Waals surface area contributed by atoms with Crippen molar-refractivity contribution in [2.75, 3.05) is 12.3 Å². The second kappa shape index (κ2) is 6.37. The van der Waals surface area contributed by atoms with E-state index in [4.69, 9.17) is 10.5 Å². The van der Waals surface area contributed by atoms with Crippen LogP contribution in [0.25, 0.3) is 22.4 Å². The van der Waals surface area contributed by atoms with Crippen LogP contribution < -0.4 is 5.73 Å². The first-order chi connectivity index (χ1) is 10.7. The van der Waals surface area contributed by atoms with Gasteiger partial charge in [-0.1, -0.05) is 13.0 Å². The van der Waals surface area contributed by atoms with Crippen molar-refractivity contribution in [3.8, 4) is 11.4 Å². The Labute approximate surface area is 135 Å². The van der Waals surface area contributed by atoms with Gasteiger partial charge in [0.2, 0.25) is 5.95 Å². The molecule has 0 aliphatic heterocycles. The van der Waals surface area contributed by atoms with Crippen LogP contribution in [0.3, 0.4) is 0 Å². The molecule has 0 radical (unpaired) electrons. The van der Waals surface area contributed by atoms with Gasteiger partial charge >= 0.3 is 0 Å². The van der Waals surface area contributed by atoms with Crippen LogP contribution in [0.4, 0.5) is 5.95 Å². The Morgan fingerprint density at radius 3 is 2.95 bits per heavy atom. The average molecular weight is 363 g/mol. The van der Waals surface area contributed by atoms with Gasteiger partial charge in [-0.3, -0.25) is 0 Å². The first-order valence-electron chi connectivity index (χ1n) is 6.88. The molecule has 0 fully saturated rings. The number of nitrogen functional groups attached to an aromatic ring is 1. The first kappa shape index (κ1) is 14.9. The molecule has 0 aromatic carbocycles. The van der Waals surface area contributed by atoms with Gasteiger partial charge < -0.3 is 10.5 Å². The molecule has 0 bridgehead atoms. The molecule has 7 nitrogen and oxygen atoms in total. The quantitative estimate of drug-likeness (QED) is 0.553. The molecule has 0 atom stereocenters. The SMILES string of the molecule is CCCOCn1nc(-c2cccc(Br)n2)c2cnc(N)nc21. The van der Waals surface area contributed by atoms with Crippen LogP contribution >= 0.6 is 15.9 Å². The molecule has 0 aliphatic carbocycles. The molecule has 8 heteroatoms. The Morgan fingerprint density at radius 1 is 1.32 bits per heavy atom. The zero-order chi connectivity index (χ0) is 15.5. The number of ether oxygens (including phenoxy) is 1. The van der Waals surface area contributed by atoms with Gasteiger partial charge in [-0.25, -0.2) is 14.6 Å². The molecule has 3 heterocycles. The van der Waals surface area contributed by atoms with E-state index in [9.17, 15) is 0 Å². The van der Waals surface area contributed by atoms with Gasteiger partial charge in [0.25, 0.3) is 0 Å². The Balaban J connectivity index is 2.10. The molecule has 0 amide bonds. The molecule has 114 valence electrons. The third-order valence-electron chi connectivity index (χ3n) is 3.03. The minimum atomic E-state index is 0.206. The number of fused-ring (bicyclic) bond motifs is 1. The number of aromatic nitrogens is 5. The molecule has 0 saturated heterocycles. The average Bonchev–Trinajstić information content (AvgIpc) is 2.86. The third kappa shape index (κ3) is 2.93. The van der Waals surface area contributed by atoms with Gasteiger partial charge in [-0.2, -0.15) is 10.1 Å². The van der Waals surface area contributed by atoms with E-state index in [1.165, 1.54) is 0 Å². The lowest BCUT2D eigenvalue weighted by molar-refractivity contribution is 0.0721. The van der Waals surface area contributed by atoms with E-state index in [0.29, 0.717) is 24.7 Å². The lowest BCUT2D eigenvalue weighted by Gasteiger charge is -2.03. The van der Waals surface area contributed by atoms with Crippen molar-refractivity contribution < 1.29 is 4.74 Å². The van der Waals surface area contributed by atoms with Crippen molar-refractivity contribution in [2.45, 2.75) is 20.1 Å². The normalized spacial score (nSPS) is 11.2. The molecule has 3 rings (SSSR count). The number of hydrogen-bond donors (Lipinski definition) is 1. The first-order valence-corrected chi connectivity index (χ1v) is 7.68. The summed E-state index contributed by atoms with van der Waals surface area (Å²) in [5, 5.41) is 5.36. The summed E-state index contributed by atoms with van der Waals surface area (Å²) in [4.78, 5) is 12.8. The molecule has 0 spiro atoms. The molecule has 0 saturated carbocycles. The molecule has 3 aromatic heterocycles. The zero-order valence-corrected chi connectivity index (χ0v) is 13.6. The summed E-state index contributed by atoms with van der Waals surface area (Å²) in [5.41, 5.74) is 7.77. The summed E-state index contributed by atoms with van der Waals surface area (Å²) >= 11 is 3.37. The maximum Gasteiger partial charge on any atom is 0.222 e. The summed E-state index contributed by atoms with van der Waals surface area (Å²) in [5.74, 6) is 0.206. The predicted molar refractivity (Wildman–Crippen MR) is 86.9 cm³/mol. The largest absolute Gasteiger partial charge is 0.368 e. The van der Waals surface area contributed by atoms with Crippen LogP contribution in [0.5, 0.6) is 0 Å². The highest BCUT2D eigenvalue weighted by atomic mass is 79.9. The van der Waals surface area contributed by atoms with E-state index < -0.39 is 0 Å². The van der Waals surface area contributed by atoms with Crippen LogP contribution in [-0.4, -0.2) is 31.3 Å². The van der Waals surface area contributed by atoms with E-state index in [0.717, 1.165) is 22.1 Å². The fourth-order valence-corrected chi connectivity index (χ4v) is 2.43. The smallest absolute Gasteiger partial charge is 0.222 e. The van der Waals surface area contributed by atoms with Crippen molar-refractivity contribution in [2.24, 2.45) is 0 Å². The lowest BCUT2D eigenvalue weighted by atomic mass is 10.2. The van der Waals surface area contributed by atoms with Crippen LogP contribution in [0.15, 0.2) is 29.0 Å². The minimum Gasteiger partial charge on any atom is -0.368 e. The highest BCUT2D eigenvalue weighted by Gasteiger charge is 2.15. The second-order valence-electron chi connectivity index (χ2n) is 4.70. The number of nitrogens with zero attached hydrogens (tertiary/aromatic N) is 5. The Morgan fingerprint density at radius 2 is 2.18 bits per heavy atom. The van der Waals surface area contributed by atoms with Gasteiger partial charge in [0.1, 0.15) is 17.0 Å². The topological polar surface area (TPSA) is 91.7 Å². The highest BCUT2D eigenvalue weighted by Crippen LogP contribution is 2.26. The Hall–Kier alpha value is -2.06. The summed E-state index contributed by atoms with van der Waals surface area (Å²) in [7, 11) is 0. The standard InChI is InChI=1S/C14H15BrN6O/c1-2-6-22-8-21-13-9(7-17-14(16)19-13)12(20-21)10-4-3-5-11(15)18-10/h3-5,7H,2,6,8H2,1H3,(H2,16,17,19). The van der Waals surface area contributed by atoms with Gasteiger partial charge in [-0.05, 0) is 34.5 Å². The van der Waals surface area contributed by atoms with Crippen molar-refractivity contribution in [3.05, 3.63) is 29.0 Å². The van der Waals surface area contributed by atoms with Crippen molar-refractivity contribution in [1.82, 2.24) is 24.7 Å². The van der Waals surface area contributed by atoms with E-state index in [-0.39, 0.29) is 5.95 Å². The van der Waals surface area contributed by atoms with Gasteiger partial charge in [0.05, 0.1) is 11.1 Å². The third-order valence-corrected chi connectivity index (χ3v) is 3.47. The number of hydrogen-bond acceptors (Lipinski definition) is 6. The van der Waals surface area contributed by atoms with Gasteiger partial charge in [0, 0.05) is 12.8 Å². The maximum atomic E-state index is 5.69. The fraction of sp³-hybridized carbons (Fsp3) is 0.286. The Kier molecular flexibility index (Phi) is 4.30. The number of rotatable bonds is 5. The molecule has 2 N–H and O–H groups in total. The molecule has 3 aromatic rings. The van der Waals surface area contributed by atoms with E-state index in [1.807, 2.05) is 18.2 Å². The fourth-order valence-electron chi connectivity index (χ4n) is 2.09. The van der Waals surface area contributed by atoms with Crippen LogP contribution in [0.2, 0.25) is 0 Å². The number of anilines is 1. The van der Waals surface area contributed by atoms with Crippen molar-refractivity contribution in [1.29, 1.82) is 0 Å². The van der Waals surface area contributed by atoms with E-state index in [2.05, 4.69) is 42.9 Å². The van der Waals surface area contributed by atoms with Gasteiger partial charge in [0.15, 0.2) is 5.65 Å². The lowest BCUT2D eigenvalue weighted by Crippen LogP contribution is -2.06. The maximum absolute atomic E-state index is 5.69. The molecule has 0 aliphatic rings. The van der Waals surface area contributed by atoms with Crippen LogP contribution in [0.1, 0.15) is 13.3 Å². The molecule has 0 unspecified atom stereocenters. The zero-order valence-electron chi connectivity index (χ0n) is 12.0. The van der Waals surface area contributed by atoms with E-state index >= 15 is 0 Å². The number of nitrogens with two attached hydrogens (primary N) is 1. The van der Waals surface area contributed by atoms with Crippen LogP contribution in [0, 0.1) is 0 Å². The molecular formula is C14H15BrN6O. The summed E-state index contributed by atoms with van der Waals surface area (Å²) < 4.78 is 7.98. The molecule has 22 heavy (non-hydrogen) atoms. The minimum absolute atomic E-state index is 0.206. The monoisotopic (exact) mass is 362 g/mol. The van der Waals surface area contributed by atoms with E-state index in [1.54, 1.807) is 10.9 Å². The number of pyridine rings is 1.